The minimum Gasteiger partial charge on any atom is -0.323 e. The van der Waals surface area contributed by atoms with Crippen molar-refractivity contribution in [3.05, 3.63) is 59.0 Å². The average molecular weight is 276 g/mol. The summed E-state index contributed by atoms with van der Waals surface area (Å²) in [6.07, 6.45) is 0. The van der Waals surface area contributed by atoms with Crippen molar-refractivity contribution in [3.63, 3.8) is 0 Å². The highest BCUT2D eigenvalue weighted by Gasteiger charge is 2.08. The second-order valence-electron chi connectivity index (χ2n) is 4.60. The van der Waals surface area contributed by atoms with E-state index in [0.717, 1.165) is 16.3 Å². The minimum absolute atomic E-state index is 0.191. The molecule has 1 heterocycles. The topological polar surface area (TPSA) is 38.9 Å². The first-order chi connectivity index (χ1) is 9.04. The van der Waals surface area contributed by atoms with Gasteiger partial charge in [0.25, 0.3) is 0 Å². The Balaban J connectivity index is 2.02. The number of thioether (sulfide) groups is 1. The molecule has 0 fully saturated rings. The highest BCUT2D eigenvalue weighted by atomic mass is 32.2. The van der Waals surface area contributed by atoms with Gasteiger partial charge in [0.15, 0.2) is 0 Å². The van der Waals surface area contributed by atoms with Crippen molar-refractivity contribution < 1.29 is 4.39 Å². The molecule has 1 atom stereocenters. The number of pyridine rings is 1. The number of halogens is 1. The molecule has 4 heteroatoms. The lowest BCUT2D eigenvalue weighted by atomic mass is 10.1. The molecule has 0 amide bonds. The monoisotopic (exact) mass is 276 g/mol. The van der Waals surface area contributed by atoms with Gasteiger partial charge in [-0.1, -0.05) is 12.1 Å². The molecule has 0 saturated carbocycles. The molecule has 0 aliphatic heterocycles. The lowest BCUT2D eigenvalue weighted by molar-refractivity contribution is 0.622. The molecule has 2 nitrogen and oxygen atoms in total. The zero-order valence-corrected chi connectivity index (χ0v) is 11.9. The molecule has 0 bridgehead atoms. The van der Waals surface area contributed by atoms with Crippen LogP contribution in [0.25, 0.3) is 0 Å². The summed E-state index contributed by atoms with van der Waals surface area (Å²) in [6, 6.07) is 10.3. The highest BCUT2D eigenvalue weighted by Crippen LogP contribution is 2.23. The number of hydrogen-bond acceptors (Lipinski definition) is 3. The summed E-state index contributed by atoms with van der Waals surface area (Å²) in [4.78, 5) is 4.45. The van der Waals surface area contributed by atoms with Gasteiger partial charge in [-0.25, -0.2) is 9.37 Å². The maximum atomic E-state index is 13.1. The summed E-state index contributed by atoms with van der Waals surface area (Å²) in [5, 5.41) is 0.962. The van der Waals surface area contributed by atoms with E-state index in [1.165, 1.54) is 17.7 Å². The number of nitrogens with two attached hydrogens (primary N) is 1. The van der Waals surface area contributed by atoms with E-state index in [1.54, 1.807) is 17.8 Å². The summed E-state index contributed by atoms with van der Waals surface area (Å²) in [6.45, 7) is 4.02. The Morgan fingerprint density at radius 1 is 1.26 bits per heavy atom. The molecule has 1 aromatic carbocycles. The van der Waals surface area contributed by atoms with Crippen molar-refractivity contribution in [1.29, 1.82) is 0 Å². The van der Waals surface area contributed by atoms with Gasteiger partial charge in [0.05, 0.1) is 5.03 Å². The molecule has 2 aromatic rings. The summed E-state index contributed by atoms with van der Waals surface area (Å²) in [5.41, 5.74) is 9.08. The third-order valence-electron chi connectivity index (χ3n) is 2.76. The predicted octanol–water partition coefficient (Wildman–Crippen LogP) is 3.63. The van der Waals surface area contributed by atoms with Crippen LogP contribution in [-0.2, 0) is 0 Å². The van der Waals surface area contributed by atoms with Crippen molar-refractivity contribution in [2.75, 3.05) is 5.75 Å². The van der Waals surface area contributed by atoms with Gasteiger partial charge in [0.2, 0.25) is 0 Å². The summed E-state index contributed by atoms with van der Waals surface area (Å²) < 4.78 is 13.1. The van der Waals surface area contributed by atoms with Crippen LogP contribution in [0, 0.1) is 19.7 Å². The third-order valence-corrected chi connectivity index (χ3v) is 3.79. The molecular weight excluding hydrogens is 259 g/mol. The second kappa shape index (κ2) is 6.17. The number of benzene rings is 1. The molecule has 100 valence electrons. The van der Waals surface area contributed by atoms with Crippen LogP contribution in [0.5, 0.6) is 0 Å². The van der Waals surface area contributed by atoms with Gasteiger partial charge < -0.3 is 5.73 Å². The van der Waals surface area contributed by atoms with E-state index in [0.29, 0.717) is 5.75 Å². The molecule has 0 aliphatic carbocycles. The Labute approximate surface area is 117 Å². The van der Waals surface area contributed by atoms with E-state index in [9.17, 15) is 4.39 Å². The summed E-state index contributed by atoms with van der Waals surface area (Å²) in [5.74, 6) is 0.432. The molecule has 0 saturated heterocycles. The van der Waals surface area contributed by atoms with Crippen LogP contribution >= 0.6 is 11.8 Å². The highest BCUT2D eigenvalue weighted by molar-refractivity contribution is 7.99. The number of hydrogen-bond donors (Lipinski definition) is 1. The molecule has 1 unspecified atom stereocenters. The molecule has 19 heavy (non-hydrogen) atoms. The molecule has 0 spiro atoms. The zero-order valence-electron chi connectivity index (χ0n) is 11.1. The van der Waals surface area contributed by atoms with Crippen molar-refractivity contribution >= 4 is 11.8 Å². The lowest BCUT2D eigenvalue weighted by Crippen LogP contribution is -2.13. The fourth-order valence-corrected chi connectivity index (χ4v) is 2.91. The van der Waals surface area contributed by atoms with E-state index < -0.39 is 0 Å². The molecular formula is C15H17FN2S. The van der Waals surface area contributed by atoms with Crippen LogP contribution in [0.1, 0.15) is 22.9 Å². The van der Waals surface area contributed by atoms with E-state index in [4.69, 9.17) is 5.73 Å². The number of aryl methyl sites for hydroxylation is 2. The zero-order chi connectivity index (χ0) is 13.8. The maximum absolute atomic E-state index is 13.1. The Kier molecular flexibility index (Phi) is 4.56. The third kappa shape index (κ3) is 4.04. The van der Waals surface area contributed by atoms with Gasteiger partial charge in [-0.3, -0.25) is 0 Å². The van der Waals surface area contributed by atoms with Gasteiger partial charge in [0.1, 0.15) is 5.82 Å². The predicted molar refractivity (Wildman–Crippen MR) is 77.8 cm³/mol. The average Bonchev–Trinajstić information content (AvgIpc) is 2.35. The summed E-state index contributed by atoms with van der Waals surface area (Å²) in [7, 11) is 0. The fourth-order valence-electron chi connectivity index (χ4n) is 1.89. The van der Waals surface area contributed by atoms with E-state index >= 15 is 0 Å². The van der Waals surface area contributed by atoms with E-state index in [2.05, 4.69) is 4.98 Å². The normalized spacial score (nSPS) is 12.4. The summed E-state index contributed by atoms with van der Waals surface area (Å²) >= 11 is 1.60. The van der Waals surface area contributed by atoms with Gasteiger partial charge in [0, 0.05) is 17.5 Å². The quantitative estimate of drug-likeness (QED) is 0.867. The van der Waals surface area contributed by atoms with Gasteiger partial charge >= 0.3 is 0 Å². The van der Waals surface area contributed by atoms with Gasteiger partial charge in [-0.15, -0.1) is 11.8 Å². The van der Waals surface area contributed by atoms with Crippen LogP contribution in [0.3, 0.4) is 0 Å². The Bertz CT molecular complexity index is 552. The number of nitrogens with zero attached hydrogens (tertiary/aromatic N) is 1. The fraction of sp³-hybridized carbons (Fsp3) is 0.267. The number of aromatic nitrogens is 1. The molecule has 2 N–H and O–H groups in total. The molecule has 0 radical (unpaired) electrons. The van der Waals surface area contributed by atoms with Crippen LogP contribution in [0.4, 0.5) is 4.39 Å². The maximum Gasteiger partial charge on any atom is 0.123 e. The minimum atomic E-state index is -0.248. The Morgan fingerprint density at radius 2 is 2.05 bits per heavy atom. The Morgan fingerprint density at radius 3 is 2.74 bits per heavy atom. The van der Waals surface area contributed by atoms with Gasteiger partial charge in [-0.2, -0.15) is 0 Å². The van der Waals surface area contributed by atoms with Crippen LogP contribution in [0.2, 0.25) is 0 Å². The van der Waals surface area contributed by atoms with Crippen LogP contribution in [0.15, 0.2) is 41.4 Å². The smallest absolute Gasteiger partial charge is 0.123 e. The molecule has 1 aromatic heterocycles. The van der Waals surface area contributed by atoms with Crippen molar-refractivity contribution in [2.45, 2.75) is 24.9 Å². The van der Waals surface area contributed by atoms with Crippen molar-refractivity contribution in [1.82, 2.24) is 4.98 Å². The first-order valence-corrected chi connectivity index (χ1v) is 7.12. The van der Waals surface area contributed by atoms with Crippen LogP contribution in [-0.4, -0.2) is 10.7 Å². The lowest BCUT2D eigenvalue weighted by Gasteiger charge is -2.12. The number of rotatable bonds is 4. The molecule has 2 rings (SSSR count). The molecule has 0 aliphatic rings. The van der Waals surface area contributed by atoms with Crippen molar-refractivity contribution in [2.24, 2.45) is 5.73 Å². The largest absolute Gasteiger partial charge is 0.323 e. The first-order valence-electron chi connectivity index (χ1n) is 6.14. The first kappa shape index (κ1) is 14.0. The van der Waals surface area contributed by atoms with Crippen LogP contribution < -0.4 is 5.73 Å². The second-order valence-corrected chi connectivity index (χ2v) is 5.64. The van der Waals surface area contributed by atoms with E-state index in [1.807, 2.05) is 32.0 Å². The van der Waals surface area contributed by atoms with E-state index in [-0.39, 0.29) is 11.9 Å². The standard InChI is InChI=1S/C15H17FN2S/c1-10-6-11(2)18-15(7-10)19-9-14(17)12-4-3-5-13(16)8-12/h3-8,14H,9,17H2,1-2H3. The SMILES string of the molecule is Cc1cc(C)nc(SCC(N)c2cccc(F)c2)c1. The van der Waals surface area contributed by atoms with Crippen molar-refractivity contribution in [3.8, 4) is 0 Å². The van der Waals surface area contributed by atoms with Gasteiger partial charge in [-0.05, 0) is 49.2 Å². The Hall–Kier alpha value is -1.39.